The van der Waals surface area contributed by atoms with Crippen molar-refractivity contribution in [3.63, 3.8) is 0 Å². The number of nitrogens with one attached hydrogen (secondary N) is 2. The number of hydrogen-bond donors (Lipinski definition) is 2. The largest absolute Gasteiger partial charge is 0.361 e. The predicted molar refractivity (Wildman–Crippen MR) is 149 cm³/mol. The van der Waals surface area contributed by atoms with Gasteiger partial charge in [-0.1, -0.05) is 6.42 Å². The molecule has 0 aromatic carbocycles. The van der Waals surface area contributed by atoms with Crippen molar-refractivity contribution in [2.45, 2.75) is 44.9 Å². The number of piperidine rings is 2. The summed E-state index contributed by atoms with van der Waals surface area (Å²) in [4.78, 5) is 41.4. The molecule has 5 rings (SSSR count). The molecule has 36 heavy (non-hydrogen) atoms. The molecule has 0 aromatic heterocycles. The molecule has 3 amide bonds. The Morgan fingerprint density at radius 3 is 1.42 bits per heavy atom. The van der Waals surface area contributed by atoms with E-state index in [9.17, 15) is 14.4 Å². The zero-order chi connectivity index (χ0) is 26.9. The number of Topliss-reactive ketones (excluding diaryl/α,β-unsaturated/α-hetero) is 1. The smallest absolute Gasteiger partial charge is 0.317 e. The maximum Gasteiger partial charge on any atom is 0.317 e. The zero-order valence-corrected chi connectivity index (χ0v) is 24.0. The van der Waals surface area contributed by atoms with Crippen molar-refractivity contribution in [3.8, 4) is 0 Å². The summed E-state index contributed by atoms with van der Waals surface area (Å²) in [6.07, 6.45) is 7.93. The van der Waals surface area contributed by atoms with Crippen LogP contribution in [0.5, 0.6) is 0 Å². The van der Waals surface area contributed by atoms with Gasteiger partial charge in [0.1, 0.15) is 5.78 Å². The van der Waals surface area contributed by atoms with Gasteiger partial charge in [-0.3, -0.25) is 14.5 Å². The molecule has 0 atom stereocenters. The van der Waals surface area contributed by atoms with Crippen LogP contribution < -0.4 is 10.6 Å². The predicted octanol–water partition coefficient (Wildman–Crippen LogP) is 1.07. The van der Waals surface area contributed by atoms with E-state index in [2.05, 4.69) is 27.5 Å². The SMILES string of the molecule is CN1CCCC(=O)C1.CN1CCCC1=O.CN1CCCCC1.CN1CCNC1=O.CN1CCNC1=S. The molecule has 0 bridgehead atoms. The molecule has 0 saturated carbocycles. The number of rotatable bonds is 0. The molecule has 0 unspecified atom stereocenters. The summed E-state index contributed by atoms with van der Waals surface area (Å²) in [7, 11) is 9.79. The molecule has 5 saturated heterocycles. The number of thiocarbonyl (C=S) groups is 1. The van der Waals surface area contributed by atoms with Gasteiger partial charge in [0.2, 0.25) is 5.91 Å². The number of likely N-dealkylation sites (N-methyl/N-ethyl adjacent to an activating group) is 3. The Labute approximate surface area is 223 Å². The van der Waals surface area contributed by atoms with E-state index in [1.54, 1.807) is 16.8 Å². The van der Waals surface area contributed by atoms with E-state index in [1.165, 1.54) is 32.4 Å². The van der Waals surface area contributed by atoms with Gasteiger partial charge >= 0.3 is 6.03 Å². The number of urea groups is 1. The molecule has 0 aliphatic carbocycles. The van der Waals surface area contributed by atoms with E-state index >= 15 is 0 Å². The second kappa shape index (κ2) is 18.3. The van der Waals surface area contributed by atoms with Crippen LogP contribution in [0.15, 0.2) is 0 Å². The molecule has 5 fully saturated rings. The second-order valence-electron chi connectivity index (χ2n) is 9.97. The average molecular weight is 528 g/mol. The lowest BCUT2D eigenvalue weighted by atomic mass is 10.1. The molecule has 5 aliphatic rings. The Hall–Kier alpha value is -1.98. The monoisotopic (exact) mass is 527 g/mol. The summed E-state index contributed by atoms with van der Waals surface area (Å²) in [5.74, 6) is 0.679. The van der Waals surface area contributed by atoms with Crippen LogP contribution in [0.25, 0.3) is 0 Å². The highest BCUT2D eigenvalue weighted by Crippen LogP contribution is 2.05. The first-order valence-corrected chi connectivity index (χ1v) is 13.6. The summed E-state index contributed by atoms with van der Waals surface area (Å²) < 4.78 is 0. The third-order valence-corrected chi connectivity index (χ3v) is 6.93. The van der Waals surface area contributed by atoms with Crippen molar-refractivity contribution in [1.82, 2.24) is 35.1 Å². The van der Waals surface area contributed by atoms with E-state index in [0.717, 1.165) is 70.1 Å². The number of carbonyl (C=O) groups excluding carboxylic acids is 3. The molecular formula is C25H49N7O3S. The fourth-order valence-corrected chi connectivity index (χ4v) is 4.17. The van der Waals surface area contributed by atoms with Gasteiger partial charge in [-0.05, 0) is 71.6 Å². The Bertz CT molecular complexity index is 632. The van der Waals surface area contributed by atoms with Crippen LogP contribution >= 0.6 is 12.2 Å². The molecular weight excluding hydrogens is 478 g/mol. The second-order valence-corrected chi connectivity index (χ2v) is 10.4. The Balaban J connectivity index is 0.000000225. The third kappa shape index (κ3) is 14.5. The molecule has 5 heterocycles. The fourth-order valence-electron chi connectivity index (χ4n) is 3.97. The van der Waals surface area contributed by atoms with Gasteiger partial charge in [-0.2, -0.15) is 0 Å². The van der Waals surface area contributed by atoms with Gasteiger partial charge in [0.25, 0.3) is 0 Å². The maximum absolute atomic E-state index is 10.6. The first-order chi connectivity index (χ1) is 17.1. The number of carbonyl (C=O) groups is 3. The molecule has 5 aliphatic heterocycles. The van der Waals surface area contributed by atoms with Crippen LogP contribution in [0.2, 0.25) is 0 Å². The van der Waals surface area contributed by atoms with Gasteiger partial charge in [-0.25, -0.2) is 4.79 Å². The summed E-state index contributed by atoms with van der Waals surface area (Å²) in [5, 5.41) is 6.56. The Kier molecular flexibility index (Phi) is 16.3. The van der Waals surface area contributed by atoms with Gasteiger partial charge in [0.15, 0.2) is 5.11 Å². The van der Waals surface area contributed by atoms with Crippen LogP contribution in [0, 0.1) is 0 Å². The van der Waals surface area contributed by atoms with Crippen LogP contribution in [-0.4, -0.2) is 141 Å². The number of amides is 3. The molecule has 0 radical (unpaired) electrons. The first-order valence-electron chi connectivity index (χ1n) is 13.2. The maximum atomic E-state index is 10.6. The number of nitrogens with zero attached hydrogens (tertiary/aromatic N) is 5. The number of likely N-dealkylation sites (tertiary alicyclic amines) is 3. The molecule has 2 N–H and O–H groups in total. The molecule has 10 nitrogen and oxygen atoms in total. The molecule has 0 aromatic rings. The summed E-state index contributed by atoms with van der Waals surface area (Å²) in [6, 6.07) is 0.0417. The van der Waals surface area contributed by atoms with E-state index in [1.807, 2.05) is 26.0 Å². The van der Waals surface area contributed by atoms with Gasteiger partial charge < -0.3 is 30.2 Å². The topological polar surface area (TPSA) is 91.5 Å². The standard InChI is InChI=1S/C6H11NO.C6H13N.C5H9NO.C4H8N2O.C4H8N2S/c1-7-4-2-3-6(8)5-7;1-7-5-3-2-4-6-7;1-6-4-2-3-5(6)7;2*1-6-3-2-5-4(6)7/h2-5H2,1H3;2-6H2,1H3;2-4H2,1H3;2*2-3H2,1H3,(H,5,7). The minimum Gasteiger partial charge on any atom is -0.361 e. The highest BCUT2D eigenvalue weighted by Gasteiger charge is 2.14. The molecule has 11 heteroatoms. The average Bonchev–Trinajstić information content (AvgIpc) is 3.53. The highest BCUT2D eigenvalue weighted by molar-refractivity contribution is 7.80. The normalized spacial score (nSPS) is 22.2. The van der Waals surface area contributed by atoms with Crippen molar-refractivity contribution >= 4 is 35.1 Å². The third-order valence-electron chi connectivity index (χ3n) is 6.47. The van der Waals surface area contributed by atoms with E-state index in [-0.39, 0.29) is 6.03 Å². The van der Waals surface area contributed by atoms with Crippen LogP contribution in [0.4, 0.5) is 4.79 Å². The van der Waals surface area contributed by atoms with Gasteiger partial charge in [-0.15, -0.1) is 0 Å². The van der Waals surface area contributed by atoms with Crippen molar-refractivity contribution in [1.29, 1.82) is 0 Å². The molecule has 0 spiro atoms. The Morgan fingerprint density at radius 2 is 1.19 bits per heavy atom. The minimum atomic E-state index is 0.0417. The lowest BCUT2D eigenvalue weighted by Gasteiger charge is -2.20. The lowest BCUT2D eigenvalue weighted by molar-refractivity contribution is -0.126. The van der Waals surface area contributed by atoms with Crippen LogP contribution in [0.1, 0.15) is 44.9 Å². The fraction of sp³-hybridized carbons (Fsp3) is 0.840. The van der Waals surface area contributed by atoms with Crippen LogP contribution in [0.3, 0.4) is 0 Å². The lowest BCUT2D eigenvalue weighted by Crippen LogP contribution is -2.31. The number of ketones is 1. The first kappa shape index (κ1) is 32.0. The van der Waals surface area contributed by atoms with E-state index in [4.69, 9.17) is 12.2 Å². The van der Waals surface area contributed by atoms with Crippen molar-refractivity contribution in [2.24, 2.45) is 0 Å². The summed E-state index contributed by atoms with van der Waals surface area (Å²) in [6.45, 7) is 9.06. The quantitative estimate of drug-likeness (QED) is 0.452. The number of hydrogen-bond acceptors (Lipinski definition) is 6. The Morgan fingerprint density at radius 1 is 0.611 bits per heavy atom. The van der Waals surface area contributed by atoms with E-state index < -0.39 is 0 Å². The molecule has 208 valence electrons. The summed E-state index contributed by atoms with van der Waals surface area (Å²) in [5.41, 5.74) is 0. The minimum absolute atomic E-state index is 0.0417. The van der Waals surface area contributed by atoms with Gasteiger partial charge in [0.05, 0.1) is 6.54 Å². The van der Waals surface area contributed by atoms with Gasteiger partial charge in [0, 0.05) is 66.7 Å². The van der Waals surface area contributed by atoms with Crippen molar-refractivity contribution in [2.75, 3.05) is 94.1 Å². The summed E-state index contributed by atoms with van der Waals surface area (Å²) >= 11 is 4.86. The van der Waals surface area contributed by atoms with Crippen molar-refractivity contribution < 1.29 is 14.4 Å². The van der Waals surface area contributed by atoms with E-state index in [0.29, 0.717) is 18.2 Å². The van der Waals surface area contributed by atoms with Crippen molar-refractivity contribution in [3.05, 3.63) is 0 Å². The highest BCUT2D eigenvalue weighted by atomic mass is 32.1. The van der Waals surface area contributed by atoms with Crippen LogP contribution in [-0.2, 0) is 9.59 Å². The zero-order valence-electron chi connectivity index (χ0n) is 23.2.